The zero-order valence-electron chi connectivity index (χ0n) is 13.0. The van der Waals surface area contributed by atoms with E-state index in [0.717, 1.165) is 34.4 Å². The number of benzene rings is 2. The Bertz CT molecular complexity index is 820. The van der Waals surface area contributed by atoms with Crippen LogP contribution in [0.1, 0.15) is 23.0 Å². The van der Waals surface area contributed by atoms with Crippen LogP contribution in [0.15, 0.2) is 54.6 Å². The van der Waals surface area contributed by atoms with Gasteiger partial charge in [-0.05, 0) is 37.4 Å². The first-order valence-electron chi connectivity index (χ1n) is 7.60. The van der Waals surface area contributed by atoms with Crippen LogP contribution in [0.3, 0.4) is 0 Å². The molecule has 1 heterocycles. The van der Waals surface area contributed by atoms with Gasteiger partial charge in [0.1, 0.15) is 22.8 Å². The van der Waals surface area contributed by atoms with Gasteiger partial charge in [-0.1, -0.05) is 36.4 Å². The molecule has 0 fully saturated rings. The Hall–Kier alpha value is -2.35. The van der Waals surface area contributed by atoms with E-state index >= 15 is 0 Å². The quantitative estimate of drug-likeness (QED) is 0.726. The normalized spacial score (nSPS) is 12.0. The summed E-state index contributed by atoms with van der Waals surface area (Å²) < 4.78 is 7.41. The zero-order chi connectivity index (χ0) is 16.1. The third-order valence-corrected chi connectivity index (χ3v) is 4.73. The molecule has 3 aromatic rings. The van der Waals surface area contributed by atoms with Crippen molar-refractivity contribution >= 4 is 21.4 Å². The van der Waals surface area contributed by atoms with Crippen LogP contribution in [0.2, 0.25) is 0 Å². The summed E-state index contributed by atoms with van der Waals surface area (Å²) in [5.41, 5.74) is 1.16. The van der Waals surface area contributed by atoms with Crippen molar-refractivity contribution in [1.29, 1.82) is 5.26 Å². The van der Waals surface area contributed by atoms with Crippen molar-refractivity contribution < 1.29 is 4.74 Å². The van der Waals surface area contributed by atoms with Crippen LogP contribution < -0.4 is 10.1 Å². The van der Waals surface area contributed by atoms with Gasteiger partial charge in [0.15, 0.2) is 0 Å². The molecule has 0 amide bonds. The molecule has 0 aliphatic carbocycles. The van der Waals surface area contributed by atoms with Crippen molar-refractivity contribution in [3.05, 3.63) is 65.0 Å². The molecule has 0 bridgehead atoms. The number of thiophene rings is 1. The molecule has 0 unspecified atom stereocenters. The average molecular weight is 322 g/mol. The Balaban J connectivity index is 1.93. The molecule has 1 aromatic heterocycles. The van der Waals surface area contributed by atoms with Crippen molar-refractivity contribution in [3.63, 3.8) is 0 Å². The summed E-state index contributed by atoms with van der Waals surface area (Å²) in [6, 6.07) is 20.4. The minimum absolute atomic E-state index is 0.0142. The summed E-state index contributed by atoms with van der Waals surface area (Å²) >= 11 is 1.50. The third kappa shape index (κ3) is 3.53. The average Bonchev–Trinajstić information content (AvgIpc) is 3.03. The topological polar surface area (TPSA) is 45.0 Å². The lowest BCUT2D eigenvalue weighted by Gasteiger charge is -2.20. The Labute approximate surface area is 140 Å². The van der Waals surface area contributed by atoms with Gasteiger partial charge in [-0.25, -0.2) is 0 Å². The van der Waals surface area contributed by atoms with Gasteiger partial charge in [-0.3, -0.25) is 0 Å². The highest BCUT2D eigenvalue weighted by Gasteiger charge is 2.15. The van der Waals surface area contributed by atoms with E-state index in [4.69, 9.17) is 10.00 Å². The second-order valence-corrected chi connectivity index (χ2v) is 6.38. The largest absolute Gasteiger partial charge is 0.485 e. The van der Waals surface area contributed by atoms with E-state index in [1.54, 1.807) is 0 Å². The predicted molar refractivity (Wildman–Crippen MR) is 94.9 cm³/mol. The van der Waals surface area contributed by atoms with Gasteiger partial charge in [0.05, 0.1) is 0 Å². The lowest BCUT2D eigenvalue weighted by molar-refractivity contribution is 0.197. The number of fused-ring (bicyclic) bond motifs is 1. The highest BCUT2D eigenvalue weighted by molar-refractivity contribution is 7.19. The lowest BCUT2D eigenvalue weighted by Crippen LogP contribution is -2.16. The van der Waals surface area contributed by atoms with Crippen LogP contribution in [0, 0.1) is 11.3 Å². The second-order valence-electron chi connectivity index (χ2n) is 5.30. The van der Waals surface area contributed by atoms with Crippen LogP contribution in [0.5, 0.6) is 5.75 Å². The minimum atomic E-state index is -0.0142. The number of nitriles is 1. The summed E-state index contributed by atoms with van der Waals surface area (Å²) in [5, 5.41) is 13.3. The van der Waals surface area contributed by atoms with E-state index in [1.165, 1.54) is 11.3 Å². The molecule has 3 rings (SSSR count). The molecule has 0 spiro atoms. The molecule has 23 heavy (non-hydrogen) atoms. The molecular formula is C19H18N2OS. The molecule has 116 valence electrons. The van der Waals surface area contributed by atoms with E-state index in [9.17, 15) is 0 Å². The summed E-state index contributed by atoms with van der Waals surface area (Å²) in [6.45, 7) is 0.878. The van der Waals surface area contributed by atoms with Gasteiger partial charge in [-0.2, -0.15) is 5.26 Å². The number of nitrogens with zero attached hydrogens (tertiary/aromatic N) is 1. The fraction of sp³-hybridized carbons (Fsp3) is 0.211. The molecule has 0 saturated carbocycles. The van der Waals surface area contributed by atoms with Crippen molar-refractivity contribution in [2.75, 3.05) is 13.6 Å². The zero-order valence-corrected chi connectivity index (χ0v) is 13.8. The molecule has 1 atom stereocenters. The van der Waals surface area contributed by atoms with Crippen LogP contribution in [-0.4, -0.2) is 13.6 Å². The maximum Gasteiger partial charge on any atom is 0.128 e. The molecule has 0 aliphatic heterocycles. The Kier molecular flexibility index (Phi) is 4.92. The number of hydrogen-bond donors (Lipinski definition) is 1. The van der Waals surface area contributed by atoms with Crippen LogP contribution in [0.25, 0.3) is 10.1 Å². The predicted octanol–water partition coefficient (Wildman–Crippen LogP) is 4.50. The summed E-state index contributed by atoms with van der Waals surface area (Å²) in [6.07, 6.45) is 0.867. The first-order chi connectivity index (χ1) is 11.3. The van der Waals surface area contributed by atoms with Gasteiger partial charge in [-0.15, -0.1) is 11.3 Å². The monoisotopic (exact) mass is 322 g/mol. The minimum Gasteiger partial charge on any atom is -0.485 e. The second kappa shape index (κ2) is 7.28. The van der Waals surface area contributed by atoms with Gasteiger partial charge in [0.25, 0.3) is 0 Å². The maximum atomic E-state index is 9.12. The lowest BCUT2D eigenvalue weighted by atomic mass is 10.1. The van der Waals surface area contributed by atoms with E-state index < -0.39 is 0 Å². The van der Waals surface area contributed by atoms with E-state index in [-0.39, 0.29) is 6.10 Å². The first-order valence-corrected chi connectivity index (χ1v) is 8.42. The van der Waals surface area contributed by atoms with Crippen LogP contribution in [-0.2, 0) is 0 Å². The van der Waals surface area contributed by atoms with Crippen molar-refractivity contribution in [1.82, 2.24) is 5.32 Å². The molecule has 0 radical (unpaired) electrons. The van der Waals surface area contributed by atoms with Crippen molar-refractivity contribution in [3.8, 4) is 11.8 Å². The molecule has 0 saturated heterocycles. The number of ether oxygens (including phenoxy) is 1. The van der Waals surface area contributed by atoms with Gasteiger partial charge >= 0.3 is 0 Å². The van der Waals surface area contributed by atoms with Gasteiger partial charge in [0.2, 0.25) is 0 Å². The van der Waals surface area contributed by atoms with E-state index in [2.05, 4.69) is 23.5 Å². The number of hydrogen-bond acceptors (Lipinski definition) is 4. The summed E-state index contributed by atoms with van der Waals surface area (Å²) in [4.78, 5) is 0.711. The number of rotatable bonds is 6. The van der Waals surface area contributed by atoms with E-state index in [0.29, 0.717) is 4.88 Å². The Morgan fingerprint density at radius 3 is 2.74 bits per heavy atom. The highest BCUT2D eigenvalue weighted by atomic mass is 32.1. The SMILES string of the molecule is CNCC[C@H](Oc1cccc2sc(C#N)cc12)c1ccccc1. The highest BCUT2D eigenvalue weighted by Crippen LogP contribution is 2.35. The first kappa shape index (κ1) is 15.5. The van der Waals surface area contributed by atoms with Crippen LogP contribution in [0.4, 0.5) is 0 Å². The van der Waals surface area contributed by atoms with Crippen molar-refractivity contribution in [2.45, 2.75) is 12.5 Å². The molecular weight excluding hydrogens is 304 g/mol. The molecule has 0 aliphatic rings. The smallest absolute Gasteiger partial charge is 0.128 e. The van der Waals surface area contributed by atoms with Crippen molar-refractivity contribution in [2.24, 2.45) is 0 Å². The van der Waals surface area contributed by atoms with Gasteiger partial charge < -0.3 is 10.1 Å². The number of nitrogens with one attached hydrogen (secondary N) is 1. The fourth-order valence-corrected chi connectivity index (χ4v) is 3.46. The molecule has 3 nitrogen and oxygen atoms in total. The standard InChI is InChI=1S/C19H18N2OS/c1-21-11-10-17(14-6-3-2-4-7-14)22-18-8-5-9-19-16(18)12-15(13-20)23-19/h2-9,12,17,21H,10-11H2,1H3/t17-/m0/s1. The maximum absolute atomic E-state index is 9.12. The summed E-state index contributed by atoms with van der Waals surface area (Å²) in [7, 11) is 1.95. The van der Waals surface area contributed by atoms with Crippen LogP contribution >= 0.6 is 11.3 Å². The third-order valence-electron chi connectivity index (χ3n) is 3.73. The van der Waals surface area contributed by atoms with Gasteiger partial charge in [0, 0.05) is 16.5 Å². The summed E-state index contributed by atoms with van der Waals surface area (Å²) in [5.74, 6) is 0.838. The molecule has 4 heteroatoms. The fourth-order valence-electron chi connectivity index (χ4n) is 2.58. The Morgan fingerprint density at radius 2 is 2.00 bits per heavy atom. The molecule has 2 aromatic carbocycles. The Morgan fingerprint density at radius 1 is 1.17 bits per heavy atom. The van der Waals surface area contributed by atoms with E-state index in [1.807, 2.05) is 49.5 Å². The molecule has 1 N–H and O–H groups in total.